The number of aromatic amines is 1. The standard InChI is InChI=1S/C9H7BrClN3O/c10-7-1-5(13-9(15)3-11)2-8-6(7)4-12-14-8/h1-2,4H,3H2,(H,12,14)(H,13,15). The van der Waals surface area contributed by atoms with Gasteiger partial charge < -0.3 is 5.32 Å². The van der Waals surface area contributed by atoms with Crippen LogP contribution < -0.4 is 5.32 Å². The predicted octanol–water partition coefficient (Wildman–Crippen LogP) is 2.50. The second-order valence-corrected chi connectivity index (χ2v) is 4.09. The molecule has 1 aromatic carbocycles. The van der Waals surface area contributed by atoms with Gasteiger partial charge in [0, 0.05) is 15.5 Å². The number of alkyl halides is 1. The Bertz CT molecular complexity index is 511. The second kappa shape index (κ2) is 4.20. The number of nitrogens with zero attached hydrogens (tertiary/aromatic N) is 1. The van der Waals surface area contributed by atoms with Gasteiger partial charge in [0.1, 0.15) is 5.88 Å². The number of carbonyl (C=O) groups is 1. The summed E-state index contributed by atoms with van der Waals surface area (Å²) in [6.07, 6.45) is 1.71. The highest BCUT2D eigenvalue weighted by Gasteiger charge is 2.05. The molecule has 78 valence electrons. The van der Waals surface area contributed by atoms with Gasteiger partial charge in [0.15, 0.2) is 0 Å². The fraction of sp³-hybridized carbons (Fsp3) is 0.111. The van der Waals surface area contributed by atoms with Crippen LogP contribution in [0.4, 0.5) is 5.69 Å². The Balaban J connectivity index is 2.40. The summed E-state index contributed by atoms with van der Waals surface area (Å²) in [6.45, 7) is 0. The third kappa shape index (κ3) is 2.13. The fourth-order valence-electron chi connectivity index (χ4n) is 1.27. The lowest BCUT2D eigenvalue weighted by atomic mass is 10.2. The van der Waals surface area contributed by atoms with Gasteiger partial charge >= 0.3 is 0 Å². The largest absolute Gasteiger partial charge is 0.325 e. The molecule has 6 heteroatoms. The lowest BCUT2D eigenvalue weighted by molar-refractivity contribution is -0.113. The molecule has 2 rings (SSSR count). The van der Waals surface area contributed by atoms with Crippen molar-refractivity contribution < 1.29 is 4.79 Å². The minimum Gasteiger partial charge on any atom is -0.325 e. The lowest BCUT2D eigenvalue weighted by Gasteiger charge is -2.03. The fourth-order valence-corrected chi connectivity index (χ4v) is 1.90. The Morgan fingerprint density at radius 1 is 1.60 bits per heavy atom. The zero-order valence-corrected chi connectivity index (χ0v) is 9.89. The molecule has 0 radical (unpaired) electrons. The van der Waals surface area contributed by atoms with Crippen LogP contribution in [0.3, 0.4) is 0 Å². The van der Waals surface area contributed by atoms with Crippen LogP contribution in [-0.2, 0) is 4.79 Å². The topological polar surface area (TPSA) is 57.8 Å². The highest BCUT2D eigenvalue weighted by molar-refractivity contribution is 9.10. The molecule has 0 atom stereocenters. The van der Waals surface area contributed by atoms with E-state index in [0.717, 1.165) is 15.4 Å². The molecule has 1 heterocycles. The summed E-state index contributed by atoms with van der Waals surface area (Å²) < 4.78 is 0.874. The van der Waals surface area contributed by atoms with Crippen LogP contribution in [0.15, 0.2) is 22.8 Å². The van der Waals surface area contributed by atoms with E-state index in [2.05, 4.69) is 31.4 Å². The summed E-state index contributed by atoms with van der Waals surface area (Å²) in [5.74, 6) is -0.291. The average molecular weight is 289 g/mol. The number of H-pyrrole nitrogens is 1. The van der Waals surface area contributed by atoms with E-state index in [0.29, 0.717) is 5.69 Å². The molecule has 0 unspecified atom stereocenters. The zero-order chi connectivity index (χ0) is 10.8. The molecule has 0 aliphatic rings. The molecule has 1 aromatic heterocycles. The number of halogens is 2. The minimum atomic E-state index is -0.234. The van der Waals surface area contributed by atoms with Crippen molar-refractivity contribution in [2.24, 2.45) is 0 Å². The molecule has 4 nitrogen and oxygen atoms in total. The number of amides is 1. The molecule has 1 amide bonds. The quantitative estimate of drug-likeness (QED) is 0.834. The van der Waals surface area contributed by atoms with E-state index in [4.69, 9.17) is 11.6 Å². The molecule has 0 aliphatic heterocycles. The van der Waals surface area contributed by atoms with Gasteiger partial charge in [0.25, 0.3) is 0 Å². The van der Waals surface area contributed by atoms with Crippen LogP contribution in [0.2, 0.25) is 0 Å². The van der Waals surface area contributed by atoms with Crippen molar-refractivity contribution in [2.45, 2.75) is 0 Å². The van der Waals surface area contributed by atoms with Gasteiger partial charge in [0.2, 0.25) is 5.91 Å². The van der Waals surface area contributed by atoms with Crippen molar-refractivity contribution in [3.63, 3.8) is 0 Å². The van der Waals surface area contributed by atoms with Crippen molar-refractivity contribution in [3.8, 4) is 0 Å². The van der Waals surface area contributed by atoms with Crippen molar-refractivity contribution in [2.75, 3.05) is 11.2 Å². The summed E-state index contributed by atoms with van der Waals surface area (Å²) in [4.78, 5) is 11.1. The normalized spacial score (nSPS) is 10.5. The van der Waals surface area contributed by atoms with Gasteiger partial charge in [-0.25, -0.2) is 0 Å². The van der Waals surface area contributed by atoms with Crippen molar-refractivity contribution in [1.29, 1.82) is 0 Å². The minimum absolute atomic E-state index is 0.0569. The first-order chi connectivity index (χ1) is 7.20. The zero-order valence-electron chi connectivity index (χ0n) is 7.55. The number of hydrogen-bond acceptors (Lipinski definition) is 2. The first kappa shape index (κ1) is 10.4. The van der Waals surface area contributed by atoms with E-state index in [1.165, 1.54) is 0 Å². The van der Waals surface area contributed by atoms with Crippen LogP contribution in [0, 0.1) is 0 Å². The van der Waals surface area contributed by atoms with Crippen LogP contribution in [-0.4, -0.2) is 22.0 Å². The number of anilines is 1. The maximum absolute atomic E-state index is 11.1. The third-order valence-electron chi connectivity index (χ3n) is 1.91. The van der Waals surface area contributed by atoms with E-state index in [9.17, 15) is 4.79 Å². The molecular weight excluding hydrogens is 281 g/mol. The Morgan fingerprint density at radius 2 is 2.40 bits per heavy atom. The summed E-state index contributed by atoms with van der Waals surface area (Å²) in [5, 5.41) is 10.4. The molecule has 0 fully saturated rings. The smallest absolute Gasteiger partial charge is 0.239 e. The maximum atomic E-state index is 11.1. The number of fused-ring (bicyclic) bond motifs is 1. The predicted molar refractivity (Wildman–Crippen MR) is 63.1 cm³/mol. The monoisotopic (exact) mass is 287 g/mol. The maximum Gasteiger partial charge on any atom is 0.239 e. The number of carbonyl (C=O) groups excluding carboxylic acids is 1. The van der Waals surface area contributed by atoms with Gasteiger partial charge in [0.05, 0.1) is 11.7 Å². The lowest BCUT2D eigenvalue weighted by Crippen LogP contribution is -2.12. The Labute approximate surface area is 99.1 Å². The van der Waals surface area contributed by atoms with E-state index in [1.54, 1.807) is 12.3 Å². The van der Waals surface area contributed by atoms with Gasteiger partial charge in [-0.1, -0.05) is 0 Å². The van der Waals surface area contributed by atoms with Gasteiger partial charge in [-0.3, -0.25) is 9.89 Å². The van der Waals surface area contributed by atoms with Crippen LogP contribution >= 0.6 is 27.5 Å². The van der Waals surface area contributed by atoms with Gasteiger partial charge in [-0.15, -0.1) is 11.6 Å². The first-order valence-corrected chi connectivity index (χ1v) is 5.52. The van der Waals surface area contributed by atoms with E-state index >= 15 is 0 Å². The molecule has 2 N–H and O–H groups in total. The summed E-state index contributed by atoms with van der Waals surface area (Å²) in [7, 11) is 0. The number of nitrogens with one attached hydrogen (secondary N) is 2. The van der Waals surface area contributed by atoms with Crippen LogP contribution in [0.25, 0.3) is 10.9 Å². The second-order valence-electron chi connectivity index (χ2n) is 2.97. The molecule has 15 heavy (non-hydrogen) atoms. The highest BCUT2D eigenvalue weighted by Crippen LogP contribution is 2.26. The number of aromatic nitrogens is 2. The Kier molecular flexibility index (Phi) is 2.93. The van der Waals surface area contributed by atoms with Crippen molar-refractivity contribution in [1.82, 2.24) is 10.2 Å². The molecule has 0 saturated heterocycles. The number of hydrogen-bond donors (Lipinski definition) is 2. The first-order valence-electron chi connectivity index (χ1n) is 4.19. The van der Waals surface area contributed by atoms with Gasteiger partial charge in [-0.05, 0) is 28.1 Å². The number of benzene rings is 1. The Hall–Kier alpha value is -1.07. The molecule has 0 aliphatic carbocycles. The van der Waals surface area contributed by atoms with Crippen LogP contribution in [0.5, 0.6) is 0 Å². The van der Waals surface area contributed by atoms with E-state index < -0.39 is 0 Å². The SMILES string of the molecule is O=C(CCl)Nc1cc(Br)c2cn[nH]c2c1. The number of rotatable bonds is 2. The summed E-state index contributed by atoms with van der Waals surface area (Å²) in [6, 6.07) is 3.61. The van der Waals surface area contributed by atoms with Crippen molar-refractivity contribution in [3.05, 3.63) is 22.8 Å². The summed E-state index contributed by atoms with van der Waals surface area (Å²) in [5.41, 5.74) is 1.54. The molecule has 2 aromatic rings. The Morgan fingerprint density at radius 3 is 3.13 bits per heavy atom. The molecule has 0 saturated carbocycles. The van der Waals surface area contributed by atoms with E-state index in [-0.39, 0.29) is 11.8 Å². The highest BCUT2D eigenvalue weighted by atomic mass is 79.9. The molecule has 0 spiro atoms. The molecule has 0 bridgehead atoms. The van der Waals surface area contributed by atoms with Gasteiger partial charge in [-0.2, -0.15) is 5.10 Å². The third-order valence-corrected chi connectivity index (χ3v) is 2.81. The van der Waals surface area contributed by atoms with E-state index in [1.807, 2.05) is 6.07 Å². The van der Waals surface area contributed by atoms with Crippen LogP contribution in [0.1, 0.15) is 0 Å². The average Bonchev–Trinajstić information content (AvgIpc) is 2.66. The van der Waals surface area contributed by atoms with Crippen molar-refractivity contribution >= 4 is 50.0 Å². The molecular formula is C9H7BrClN3O. The summed E-state index contributed by atoms with van der Waals surface area (Å²) >= 11 is 8.79.